The van der Waals surface area contributed by atoms with Gasteiger partial charge in [0.15, 0.2) is 11.0 Å². The van der Waals surface area contributed by atoms with E-state index in [0.29, 0.717) is 5.92 Å². The van der Waals surface area contributed by atoms with Crippen LogP contribution in [0.5, 0.6) is 0 Å². The third-order valence-electron chi connectivity index (χ3n) is 3.55. The molecule has 1 heterocycles. The first-order valence-electron chi connectivity index (χ1n) is 6.90. The largest absolute Gasteiger partial charge is 0.258 e. The second-order valence-corrected chi connectivity index (χ2v) is 5.83. The molecule has 0 fully saturated rings. The van der Waals surface area contributed by atoms with E-state index in [1.807, 2.05) is 12.1 Å². The van der Waals surface area contributed by atoms with Gasteiger partial charge in [0.05, 0.1) is 5.92 Å². The molecule has 0 atom stereocenters. The summed E-state index contributed by atoms with van der Waals surface area (Å²) in [6, 6.07) is 16.5. The van der Waals surface area contributed by atoms with Crippen molar-refractivity contribution in [3.8, 4) is 0 Å². The van der Waals surface area contributed by atoms with Crippen LogP contribution in [0.2, 0.25) is 5.02 Å². The van der Waals surface area contributed by atoms with Crippen LogP contribution in [0.25, 0.3) is 11.0 Å². The fourth-order valence-corrected chi connectivity index (χ4v) is 2.67. The topological polar surface area (TPSA) is 19.7 Å². The second kappa shape index (κ2) is 5.29. The lowest BCUT2D eigenvalue weighted by molar-refractivity contribution is -0.671. The van der Waals surface area contributed by atoms with Gasteiger partial charge in [-0.25, -0.2) is 9.55 Å². The molecule has 3 heteroatoms. The Labute approximate surface area is 124 Å². The van der Waals surface area contributed by atoms with Crippen molar-refractivity contribution in [3.63, 3.8) is 0 Å². The Morgan fingerprint density at radius 3 is 2.45 bits per heavy atom. The smallest absolute Gasteiger partial charge is 0.241 e. The average molecular weight is 286 g/mol. The van der Waals surface area contributed by atoms with Crippen LogP contribution in [0, 0.1) is 0 Å². The molecular weight excluding hydrogens is 268 g/mol. The molecule has 0 aliphatic rings. The summed E-state index contributed by atoms with van der Waals surface area (Å²) < 4.78 is 2.35. The summed E-state index contributed by atoms with van der Waals surface area (Å²) in [5.74, 6) is 1.70. The number of fused-ring (bicyclic) bond motifs is 1. The van der Waals surface area contributed by atoms with Crippen molar-refractivity contribution in [3.05, 3.63) is 64.9 Å². The predicted molar refractivity (Wildman–Crippen MR) is 83.1 cm³/mol. The van der Waals surface area contributed by atoms with Gasteiger partial charge in [0, 0.05) is 5.02 Å². The van der Waals surface area contributed by atoms with Crippen molar-refractivity contribution >= 4 is 22.6 Å². The maximum absolute atomic E-state index is 5.96. The first kappa shape index (κ1) is 13.2. The van der Waals surface area contributed by atoms with E-state index in [2.05, 4.69) is 59.8 Å². The Morgan fingerprint density at radius 2 is 1.75 bits per heavy atom. The summed E-state index contributed by atoms with van der Waals surface area (Å²) in [5.41, 5.74) is 3.68. The number of hydrogen-bond donors (Lipinski definition) is 1. The minimum atomic E-state index is 0.453. The Morgan fingerprint density at radius 1 is 1.05 bits per heavy atom. The van der Waals surface area contributed by atoms with Crippen LogP contribution < -0.4 is 4.57 Å². The highest BCUT2D eigenvalue weighted by molar-refractivity contribution is 6.30. The van der Waals surface area contributed by atoms with Gasteiger partial charge in [0.1, 0.15) is 6.54 Å². The molecule has 0 saturated heterocycles. The van der Waals surface area contributed by atoms with Gasteiger partial charge in [-0.1, -0.05) is 49.7 Å². The fraction of sp³-hybridized carbons (Fsp3) is 0.235. The highest BCUT2D eigenvalue weighted by Gasteiger charge is 2.20. The summed E-state index contributed by atoms with van der Waals surface area (Å²) in [5, 5.41) is 0.779. The van der Waals surface area contributed by atoms with Crippen LogP contribution in [-0.2, 0) is 6.54 Å². The molecular formula is C17H18ClN2+. The number of hydrogen-bond acceptors (Lipinski definition) is 0. The van der Waals surface area contributed by atoms with Crippen LogP contribution >= 0.6 is 11.6 Å². The van der Waals surface area contributed by atoms with Crippen molar-refractivity contribution in [2.24, 2.45) is 0 Å². The Hall–Kier alpha value is -1.80. The van der Waals surface area contributed by atoms with Crippen LogP contribution in [0.15, 0.2) is 48.5 Å². The maximum Gasteiger partial charge on any atom is 0.258 e. The second-order valence-electron chi connectivity index (χ2n) is 5.39. The SMILES string of the molecule is CC(C)c1[nH]c2ccccc2[n+]1Cc1ccc(Cl)cc1. The average Bonchev–Trinajstić information content (AvgIpc) is 2.81. The lowest BCUT2D eigenvalue weighted by atomic mass is 10.2. The van der Waals surface area contributed by atoms with Gasteiger partial charge < -0.3 is 0 Å². The number of imidazole rings is 1. The van der Waals surface area contributed by atoms with Crippen LogP contribution in [-0.4, -0.2) is 4.98 Å². The van der Waals surface area contributed by atoms with E-state index in [1.54, 1.807) is 0 Å². The van der Waals surface area contributed by atoms with Crippen molar-refractivity contribution in [1.82, 2.24) is 4.98 Å². The molecule has 0 bridgehead atoms. The van der Waals surface area contributed by atoms with Gasteiger partial charge in [-0.05, 0) is 29.8 Å². The summed E-state index contributed by atoms with van der Waals surface area (Å²) >= 11 is 5.96. The molecule has 0 saturated carbocycles. The van der Waals surface area contributed by atoms with Gasteiger partial charge in [-0.15, -0.1) is 0 Å². The molecule has 0 aliphatic carbocycles. The van der Waals surface area contributed by atoms with Crippen molar-refractivity contribution in [2.75, 3.05) is 0 Å². The zero-order valence-electron chi connectivity index (χ0n) is 11.7. The Balaban J connectivity index is 2.09. The molecule has 0 spiro atoms. The molecule has 0 amide bonds. The number of aromatic amines is 1. The fourth-order valence-electron chi connectivity index (χ4n) is 2.55. The lowest BCUT2D eigenvalue weighted by Crippen LogP contribution is -2.38. The number of halogens is 1. The molecule has 0 aliphatic heterocycles. The molecule has 0 radical (unpaired) electrons. The molecule has 1 aromatic heterocycles. The number of benzene rings is 2. The molecule has 3 aromatic rings. The number of H-pyrrole nitrogens is 1. The van der Waals surface area contributed by atoms with Gasteiger partial charge >= 0.3 is 0 Å². The number of nitrogens with zero attached hydrogens (tertiary/aromatic N) is 1. The molecule has 20 heavy (non-hydrogen) atoms. The first-order chi connectivity index (χ1) is 9.65. The third-order valence-corrected chi connectivity index (χ3v) is 3.80. The van der Waals surface area contributed by atoms with E-state index in [-0.39, 0.29) is 0 Å². The number of nitrogens with one attached hydrogen (secondary N) is 1. The van der Waals surface area contributed by atoms with Crippen molar-refractivity contribution < 1.29 is 4.57 Å². The zero-order valence-corrected chi connectivity index (χ0v) is 12.5. The molecule has 102 valence electrons. The highest BCUT2D eigenvalue weighted by Crippen LogP contribution is 2.17. The Kier molecular flexibility index (Phi) is 3.49. The van der Waals surface area contributed by atoms with E-state index in [9.17, 15) is 0 Å². The van der Waals surface area contributed by atoms with E-state index in [4.69, 9.17) is 11.6 Å². The quantitative estimate of drug-likeness (QED) is 0.693. The van der Waals surface area contributed by atoms with Crippen LogP contribution in [0.3, 0.4) is 0 Å². The standard InChI is InChI=1S/C17H17ClN2/c1-12(2)17-19-15-5-3-4-6-16(15)20(17)11-13-7-9-14(18)10-8-13/h3-10,12H,11H2,1-2H3/p+1. The molecule has 0 unspecified atom stereocenters. The number of aromatic nitrogens is 2. The monoisotopic (exact) mass is 285 g/mol. The minimum absolute atomic E-state index is 0.453. The van der Waals surface area contributed by atoms with Crippen LogP contribution in [0.1, 0.15) is 31.2 Å². The lowest BCUT2D eigenvalue weighted by Gasteiger charge is -2.05. The maximum atomic E-state index is 5.96. The summed E-state index contributed by atoms with van der Waals surface area (Å²) in [6.07, 6.45) is 0. The van der Waals surface area contributed by atoms with Gasteiger partial charge in [0.25, 0.3) is 5.82 Å². The minimum Gasteiger partial charge on any atom is -0.241 e. The third kappa shape index (κ3) is 2.44. The van der Waals surface area contributed by atoms with E-state index in [1.165, 1.54) is 22.4 Å². The van der Waals surface area contributed by atoms with Gasteiger partial charge in [0.2, 0.25) is 0 Å². The summed E-state index contributed by atoms with van der Waals surface area (Å²) in [7, 11) is 0. The molecule has 2 nitrogen and oxygen atoms in total. The van der Waals surface area contributed by atoms with Crippen LogP contribution in [0.4, 0.5) is 0 Å². The molecule has 2 aromatic carbocycles. The van der Waals surface area contributed by atoms with Gasteiger partial charge in [-0.2, -0.15) is 0 Å². The normalized spacial score (nSPS) is 11.4. The number of para-hydroxylation sites is 2. The van der Waals surface area contributed by atoms with E-state index >= 15 is 0 Å². The van der Waals surface area contributed by atoms with Gasteiger partial charge in [-0.3, -0.25) is 0 Å². The molecule has 3 rings (SSSR count). The van der Waals surface area contributed by atoms with Crippen molar-refractivity contribution in [2.45, 2.75) is 26.3 Å². The Bertz CT molecular complexity index is 726. The predicted octanol–water partition coefficient (Wildman–Crippen LogP) is 4.28. The summed E-state index contributed by atoms with van der Waals surface area (Å²) in [4.78, 5) is 3.53. The zero-order chi connectivity index (χ0) is 14.1. The van der Waals surface area contributed by atoms with E-state index in [0.717, 1.165) is 11.6 Å². The first-order valence-corrected chi connectivity index (χ1v) is 7.28. The van der Waals surface area contributed by atoms with Crippen molar-refractivity contribution in [1.29, 1.82) is 0 Å². The summed E-state index contributed by atoms with van der Waals surface area (Å²) in [6.45, 7) is 5.28. The number of rotatable bonds is 3. The van der Waals surface area contributed by atoms with E-state index < -0.39 is 0 Å². The highest BCUT2D eigenvalue weighted by atomic mass is 35.5. The molecule has 1 N–H and O–H groups in total.